The summed E-state index contributed by atoms with van der Waals surface area (Å²) in [4.78, 5) is 0. The molecule has 2 aromatic rings. The number of benzene rings is 2. The minimum Gasteiger partial charge on any atom is -0.396 e. The second-order valence-electron chi connectivity index (χ2n) is 6.45. The van der Waals surface area contributed by atoms with Crippen molar-refractivity contribution in [3.63, 3.8) is 0 Å². The molecule has 1 spiro atoms. The van der Waals surface area contributed by atoms with Crippen molar-refractivity contribution in [2.75, 3.05) is 6.61 Å². The van der Waals surface area contributed by atoms with Crippen LogP contribution in [0.3, 0.4) is 0 Å². The predicted molar refractivity (Wildman–Crippen MR) is 86.1 cm³/mol. The molecule has 0 amide bonds. The lowest BCUT2D eigenvalue weighted by Crippen LogP contribution is -2.32. The molecule has 112 valence electrons. The molecule has 1 fully saturated rings. The molecule has 0 radical (unpaired) electrons. The molecule has 4 rings (SSSR count). The van der Waals surface area contributed by atoms with Crippen LogP contribution in [0, 0.1) is 11.7 Å². The van der Waals surface area contributed by atoms with E-state index in [2.05, 4.69) is 36.4 Å². The molecule has 1 N–H and O–H groups in total. The van der Waals surface area contributed by atoms with Crippen LogP contribution in [0.25, 0.3) is 6.08 Å². The van der Waals surface area contributed by atoms with E-state index in [9.17, 15) is 9.50 Å². The highest BCUT2D eigenvalue weighted by Crippen LogP contribution is 2.56. The number of allylic oxidation sites excluding steroid dienone is 1. The molecule has 0 aliphatic heterocycles. The second kappa shape index (κ2) is 5.06. The zero-order valence-corrected chi connectivity index (χ0v) is 12.4. The van der Waals surface area contributed by atoms with E-state index in [4.69, 9.17) is 0 Å². The Morgan fingerprint density at radius 2 is 1.86 bits per heavy atom. The first-order valence-corrected chi connectivity index (χ1v) is 7.90. The van der Waals surface area contributed by atoms with Gasteiger partial charge in [0, 0.05) is 17.9 Å². The van der Waals surface area contributed by atoms with Gasteiger partial charge in [-0.3, -0.25) is 0 Å². The normalized spacial score (nSPS) is 29.2. The molecule has 2 aliphatic rings. The van der Waals surface area contributed by atoms with Gasteiger partial charge in [-0.1, -0.05) is 48.6 Å². The summed E-state index contributed by atoms with van der Waals surface area (Å²) in [5, 5.41) is 10.1. The quantitative estimate of drug-likeness (QED) is 0.876. The van der Waals surface area contributed by atoms with Gasteiger partial charge >= 0.3 is 0 Å². The number of aliphatic hydroxyl groups is 1. The van der Waals surface area contributed by atoms with Crippen LogP contribution in [-0.2, 0) is 5.41 Å². The Morgan fingerprint density at radius 3 is 2.64 bits per heavy atom. The van der Waals surface area contributed by atoms with Crippen molar-refractivity contribution in [3.05, 3.63) is 77.1 Å². The fourth-order valence-electron chi connectivity index (χ4n) is 4.47. The maximum absolute atomic E-state index is 13.2. The molecule has 2 heteroatoms. The Hall–Kier alpha value is -1.93. The van der Waals surface area contributed by atoms with E-state index >= 15 is 0 Å². The molecule has 2 aromatic carbocycles. The Kier molecular flexibility index (Phi) is 3.16. The van der Waals surface area contributed by atoms with Crippen molar-refractivity contribution < 1.29 is 9.50 Å². The molecule has 0 heterocycles. The molecular weight excluding hydrogens is 275 g/mol. The largest absolute Gasteiger partial charge is 0.396 e. The molecule has 2 aliphatic carbocycles. The van der Waals surface area contributed by atoms with Crippen LogP contribution in [0.5, 0.6) is 0 Å². The summed E-state index contributed by atoms with van der Waals surface area (Å²) in [5.74, 6) is 0.224. The number of aliphatic hydroxyl groups excluding tert-OH is 1. The van der Waals surface area contributed by atoms with Gasteiger partial charge in [0.2, 0.25) is 0 Å². The van der Waals surface area contributed by atoms with Crippen molar-refractivity contribution in [2.24, 2.45) is 5.92 Å². The van der Waals surface area contributed by atoms with Crippen molar-refractivity contribution >= 4 is 6.08 Å². The van der Waals surface area contributed by atoms with Gasteiger partial charge in [-0.15, -0.1) is 0 Å². The average Bonchev–Trinajstić information content (AvgIpc) is 3.11. The topological polar surface area (TPSA) is 20.2 Å². The van der Waals surface area contributed by atoms with Crippen LogP contribution >= 0.6 is 0 Å². The van der Waals surface area contributed by atoms with E-state index in [0.29, 0.717) is 0 Å². The number of halogens is 1. The highest BCUT2D eigenvalue weighted by molar-refractivity contribution is 5.66. The van der Waals surface area contributed by atoms with Crippen LogP contribution in [0.15, 0.2) is 54.6 Å². The van der Waals surface area contributed by atoms with E-state index in [1.807, 2.05) is 12.1 Å². The maximum Gasteiger partial charge on any atom is 0.123 e. The van der Waals surface area contributed by atoms with Gasteiger partial charge in [-0.25, -0.2) is 4.39 Å². The van der Waals surface area contributed by atoms with E-state index in [0.717, 1.165) is 18.4 Å². The van der Waals surface area contributed by atoms with Gasteiger partial charge in [-0.2, -0.15) is 0 Å². The third-order valence-electron chi connectivity index (χ3n) is 5.53. The summed E-state index contributed by atoms with van der Waals surface area (Å²) in [6.07, 6.45) is 6.52. The first-order chi connectivity index (χ1) is 10.7. The molecule has 0 saturated heterocycles. The van der Waals surface area contributed by atoms with E-state index in [-0.39, 0.29) is 29.7 Å². The minimum atomic E-state index is -0.205. The number of fused-ring (bicyclic) bond motifs is 2. The maximum atomic E-state index is 13.2. The van der Waals surface area contributed by atoms with Gasteiger partial charge < -0.3 is 5.11 Å². The molecule has 0 aromatic heterocycles. The molecular formula is C20H19FO. The first-order valence-electron chi connectivity index (χ1n) is 7.90. The third-order valence-corrected chi connectivity index (χ3v) is 5.53. The number of hydrogen-bond donors (Lipinski definition) is 1. The molecule has 3 atom stereocenters. The molecule has 22 heavy (non-hydrogen) atoms. The van der Waals surface area contributed by atoms with Crippen LogP contribution < -0.4 is 0 Å². The lowest BCUT2D eigenvalue weighted by molar-refractivity contribution is 0.182. The summed E-state index contributed by atoms with van der Waals surface area (Å²) < 4.78 is 13.2. The van der Waals surface area contributed by atoms with Gasteiger partial charge in [-0.05, 0) is 47.6 Å². The fraction of sp³-hybridized carbons (Fsp3) is 0.300. The lowest BCUT2D eigenvalue weighted by Gasteiger charge is -2.33. The van der Waals surface area contributed by atoms with Crippen molar-refractivity contribution in [1.29, 1.82) is 0 Å². The highest BCUT2D eigenvalue weighted by atomic mass is 19.1. The summed E-state index contributed by atoms with van der Waals surface area (Å²) in [5.41, 5.74) is 3.67. The Bertz CT molecular complexity index is 719. The van der Waals surface area contributed by atoms with Crippen LogP contribution in [0.1, 0.15) is 35.4 Å². The Labute approximate surface area is 130 Å². The fourth-order valence-corrected chi connectivity index (χ4v) is 4.47. The number of rotatable bonds is 2. The van der Waals surface area contributed by atoms with Crippen molar-refractivity contribution in [3.8, 4) is 0 Å². The summed E-state index contributed by atoms with van der Waals surface area (Å²) in [6, 6.07) is 15.2. The first kappa shape index (κ1) is 13.7. The van der Waals surface area contributed by atoms with Crippen LogP contribution in [0.2, 0.25) is 0 Å². The van der Waals surface area contributed by atoms with E-state index in [1.54, 1.807) is 0 Å². The van der Waals surface area contributed by atoms with Crippen molar-refractivity contribution in [2.45, 2.75) is 24.2 Å². The smallest absolute Gasteiger partial charge is 0.123 e. The summed E-state index contributed by atoms with van der Waals surface area (Å²) in [7, 11) is 0. The average molecular weight is 294 g/mol. The SMILES string of the molecule is OCC1C(c2ccc(F)cc2)CCC12C=Cc1ccccc12. The van der Waals surface area contributed by atoms with Crippen LogP contribution in [0.4, 0.5) is 4.39 Å². The molecule has 0 bridgehead atoms. The molecule has 1 nitrogen and oxygen atoms in total. The summed E-state index contributed by atoms with van der Waals surface area (Å²) in [6.45, 7) is 0.153. The zero-order valence-electron chi connectivity index (χ0n) is 12.4. The zero-order chi connectivity index (χ0) is 15.2. The third kappa shape index (κ3) is 1.87. The number of hydrogen-bond acceptors (Lipinski definition) is 1. The van der Waals surface area contributed by atoms with Crippen molar-refractivity contribution in [1.82, 2.24) is 0 Å². The second-order valence-corrected chi connectivity index (χ2v) is 6.45. The van der Waals surface area contributed by atoms with Gasteiger partial charge in [0.15, 0.2) is 0 Å². The minimum absolute atomic E-state index is 0.0651. The van der Waals surface area contributed by atoms with E-state index < -0.39 is 0 Å². The van der Waals surface area contributed by atoms with Gasteiger partial charge in [0.05, 0.1) is 0 Å². The Morgan fingerprint density at radius 1 is 1.09 bits per heavy atom. The van der Waals surface area contributed by atoms with E-state index in [1.165, 1.54) is 23.3 Å². The van der Waals surface area contributed by atoms with Gasteiger partial charge in [0.1, 0.15) is 5.82 Å². The van der Waals surface area contributed by atoms with Crippen LogP contribution in [-0.4, -0.2) is 11.7 Å². The predicted octanol–water partition coefficient (Wildman–Crippen LogP) is 4.28. The Balaban J connectivity index is 1.76. The highest BCUT2D eigenvalue weighted by Gasteiger charge is 2.50. The standard InChI is InChI=1S/C20H19FO/c21-16-7-5-14(6-8-16)17-10-12-20(19(17)13-22)11-9-15-3-1-2-4-18(15)20/h1-9,11,17,19,22H,10,12-13H2. The lowest BCUT2D eigenvalue weighted by atomic mass is 9.71. The molecule has 3 unspecified atom stereocenters. The monoisotopic (exact) mass is 294 g/mol. The summed E-state index contributed by atoms with van der Waals surface area (Å²) >= 11 is 0. The van der Waals surface area contributed by atoms with Gasteiger partial charge in [0.25, 0.3) is 0 Å². The molecule has 1 saturated carbocycles.